The molecular formula is C13H26N2O3. The van der Waals surface area contributed by atoms with Gasteiger partial charge in [0.05, 0.1) is 6.04 Å². The summed E-state index contributed by atoms with van der Waals surface area (Å²) in [5.41, 5.74) is 5.94. The molecule has 5 heteroatoms. The zero-order chi connectivity index (χ0) is 13.4. The third-order valence-electron chi connectivity index (χ3n) is 3.54. The zero-order valence-electron chi connectivity index (χ0n) is 11.3. The molecule has 0 aromatic heterocycles. The van der Waals surface area contributed by atoms with Crippen LogP contribution < -0.4 is 5.73 Å². The summed E-state index contributed by atoms with van der Waals surface area (Å²) in [6, 6.07) is -0.0861. The summed E-state index contributed by atoms with van der Waals surface area (Å²) in [6.07, 6.45) is 5.43. The summed E-state index contributed by atoms with van der Waals surface area (Å²) in [4.78, 5) is 14.1. The van der Waals surface area contributed by atoms with Crippen molar-refractivity contribution in [2.24, 2.45) is 5.73 Å². The molecular weight excluding hydrogens is 232 g/mol. The lowest BCUT2D eigenvalue weighted by atomic mass is 9.90. The van der Waals surface area contributed by atoms with Crippen molar-refractivity contribution in [3.63, 3.8) is 0 Å². The predicted octanol–water partition coefficient (Wildman–Crippen LogP) is 0.504. The van der Waals surface area contributed by atoms with Gasteiger partial charge >= 0.3 is 0 Å². The molecule has 0 bridgehead atoms. The van der Waals surface area contributed by atoms with Crippen molar-refractivity contribution in [3.8, 4) is 0 Å². The molecule has 1 amide bonds. The highest BCUT2D eigenvalue weighted by Gasteiger charge is 2.30. The van der Waals surface area contributed by atoms with E-state index in [1.54, 1.807) is 7.11 Å². The fourth-order valence-electron chi connectivity index (χ4n) is 2.20. The molecule has 1 saturated carbocycles. The van der Waals surface area contributed by atoms with Crippen molar-refractivity contribution >= 4 is 5.91 Å². The van der Waals surface area contributed by atoms with Gasteiger partial charge in [0.15, 0.2) is 0 Å². The van der Waals surface area contributed by atoms with Crippen LogP contribution in [0, 0.1) is 0 Å². The number of rotatable bonds is 9. The van der Waals surface area contributed by atoms with Gasteiger partial charge in [-0.1, -0.05) is 0 Å². The van der Waals surface area contributed by atoms with Crippen molar-refractivity contribution in [1.82, 2.24) is 4.90 Å². The van der Waals surface area contributed by atoms with Crippen molar-refractivity contribution in [3.05, 3.63) is 0 Å². The highest BCUT2D eigenvalue weighted by molar-refractivity contribution is 5.82. The van der Waals surface area contributed by atoms with Crippen LogP contribution in [0.3, 0.4) is 0 Å². The number of carbonyl (C=O) groups excluding carboxylic acids is 1. The van der Waals surface area contributed by atoms with Gasteiger partial charge in [-0.2, -0.15) is 0 Å². The van der Waals surface area contributed by atoms with Gasteiger partial charge in [0.1, 0.15) is 0 Å². The van der Waals surface area contributed by atoms with Gasteiger partial charge in [-0.05, 0) is 38.5 Å². The molecule has 3 N–H and O–H groups in total. The minimum Gasteiger partial charge on any atom is -0.396 e. The molecule has 1 unspecified atom stereocenters. The van der Waals surface area contributed by atoms with Gasteiger partial charge in [-0.3, -0.25) is 4.79 Å². The SMILES string of the molecule is COCCCC(N)C(=O)N(CCCO)C1CCC1. The van der Waals surface area contributed by atoms with E-state index in [1.165, 1.54) is 6.42 Å². The Bertz CT molecular complexity index is 244. The first kappa shape index (κ1) is 15.4. The van der Waals surface area contributed by atoms with Crippen LogP contribution in [0.4, 0.5) is 0 Å². The molecule has 1 aliphatic carbocycles. The van der Waals surface area contributed by atoms with E-state index in [2.05, 4.69) is 0 Å². The minimum atomic E-state index is -0.431. The predicted molar refractivity (Wildman–Crippen MR) is 70.1 cm³/mol. The first-order valence-corrected chi connectivity index (χ1v) is 6.86. The van der Waals surface area contributed by atoms with Gasteiger partial charge in [-0.25, -0.2) is 0 Å². The molecule has 18 heavy (non-hydrogen) atoms. The van der Waals surface area contributed by atoms with Gasteiger partial charge in [0.25, 0.3) is 0 Å². The van der Waals surface area contributed by atoms with Crippen LogP contribution in [0.15, 0.2) is 0 Å². The van der Waals surface area contributed by atoms with Gasteiger partial charge in [-0.15, -0.1) is 0 Å². The Kier molecular flexibility index (Phi) is 7.23. The minimum absolute atomic E-state index is 0.0317. The van der Waals surface area contributed by atoms with Crippen LogP contribution in [0.5, 0.6) is 0 Å². The molecule has 1 fully saturated rings. The molecule has 0 heterocycles. The number of hydrogen-bond acceptors (Lipinski definition) is 4. The summed E-state index contributed by atoms with van der Waals surface area (Å²) in [6.45, 7) is 1.38. The maximum absolute atomic E-state index is 12.3. The van der Waals surface area contributed by atoms with Crippen LogP contribution in [0.1, 0.15) is 38.5 Å². The number of hydrogen-bond donors (Lipinski definition) is 2. The topological polar surface area (TPSA) is 75.8 Å². The van der Waals surface area contributed by atoms with E-state index in [0.717, 1.165) is 19.3 Å². The third kappa shape index (κ3) is 4.55. The smallest absolute Gasteiger partial charge is 0.239 e. The van der Waals surface area contributed by atoms with E-state index in [9.17, 15) is 4.79 Å². The number of methoxy groups -OCH3 is 1. The molecule has 1 rings (SSSR count). The Hall–Kier alpha value is -0.650. The number of ether oxygens (including phenoxy) is 1. The van der Waals surface area contributed by atoms with Crippen LogP contribution in [-0.2, 0) is 9.53 Å². The van der Waals surface area contributed by atoms with Gasteiger partial charge in [0.2, 0.25) is 5.91 Å². The molecule has 0 saturated heterocycles. The van der Waals surface area contributed by atoms with E-state index in [-0.39, 0.29) is 12.5 Å². The number of amides is 1. The fraction of sp³-hybridized carbons (Fsp3) is 0.923. The third-order valence-corrected chi connectivity index (χ3v) is 3.54. The number of carbonyl (C=O) groups is 1. The zero-order valence-corrected chi connectivity index (χ0v) is 11.3. The second kappa shape index (κ2) is 8.45. The number of nitrogens with two attached hydrogens (primary N) is 1. The molecule has 0 aromatic carbocycles. The normalized spacial score (nSPS) is 17.3. The average molecular weight is 258 g/mol. The highest BCUT2D eigenvalue weighted by atomic mass is 16.5. The largest absolute Gasteiger partial charge is 0.396 e. The Labute approximate surface area is 109 Å². The number of aliphatic hydroxyl groups is 1. The average Bonchev–Trinajstić information content (AvgIpc) is 2.31. The van der Waals surface area contributed by atoms with Crippen molar-refractivity contribution in [1.29, 1.82) is 0 Å². The lowest BCUT2D eigenvalue weighted by molar-refractivity contribution is -0.137. The van der Waals surface area contributed by atoms with Crippen molar-refractivity contribution in [2.75, 3.05) is 26.9 Å². The lowest BCUT2D eigenvalue weighted by Crippen LogP contribution is -2.51. The molecule has 106 valence electrons. The summed E-state index contributed by atoms with van der Waals surface area (Å²) >= 11 is 0. The molecule has 0 radical (unpaired) electrons. The Morgan fingerprint density at radius 1 is 1.50 bits per heavy atom. The van der Waals surface area contributed by atoms with Crippen molar-refractivity contribution < 1.29 is 14.6 Å². The summed E-state index contributed by atoms with van der Waals surface area (Å²) in [5, 5.41) is 8.90. The number of nitrogens with zero attached hydrogens (tertiary/aromatic N) is 1. The summed E-state index contributed by atoms with van der Waals surface area (Å²) < 4.78 is 4.96. The lowest BCUT2D eigenvalue weighted by Gasteiger charge is -2.39. The van der Waals surface area contributed by atoms with E-state index in [0.29, 0.717) is 32.0 Å². The Balaban J connectivity index is 2.41. The second-order valence-electron chi connectivity index (χ2n) is 4.94. The van der Waals surface area contributed by atoms with Crippen molar-refractivity contribution in [2.45, 2.75) is 50.6 Å². The Morgan fingerprint density at radius 2 is 2.22 bits per heavy atom. The standard InChI is InChI=1S/C13H26N2O3/c1-18-10-3-7-12(14)13(17)15(8-4-9-16)11-5-2-6-11/h11-12,16H,2-10,14H2,1H3. The highest BCUT2D eigenvalue weighted by Crippen LogP contribution is 2.25. The van der Waals surface area contributed by atoms with E-state index in [4.69, 9.17) is 15.6 Å². The summed E-state index contributed by atoms with van der Waals surface area (Å²) in [7, 11) is 1.65. The van der Waals surface area contributed by atoms with E-state index < -0.39 is 6.04 Å². The van der Waals surface area contributed by atoms with Gasteiger partial charge < -0.3 is 20.5 Å². The van der Waals surface area contributed by atoms with E-state index in [1.807, 2.05) is 4.90 Å². The molecule has 1 atom stereocenters. The first-order chi connectivity index (χ1) is 8.70. The molecule has 5 nitrogen and oxygen atoms in total. The monoisotopic (exact) mass is 258 g/mol. The second-order valence-corrected chi connectivity index (χ2v) is 4.94. The van der Waals surface area contributed by atoms with Gasteiger partial charge in [0, 0.05) is 32.9 Å². The molecule has 1 aliphatic rings. The maximum Gasteiger partial charge on any atom is 0.239 e. The van der Waals surface area contributed by atoms with Crippen LogP contribution in [0.2, 0.25) is 0 Å². The Morgan fingerprint density at radius 3 is 2.72 bits per heavy atom. The first-order valence-electron chi connectivity index (χ1n) is 6.86. The van der Waals surface area contributed by atoms with Crippen LogP contribution in [0.25, 0.3) is 0 Å². The van der Waals surface area contributed by atoms with Crippen LogP contribution in [-0.4, -0.2) is 54.9 Å². The quantitative estimate of drug-likeness (QED) is 0.591. The molecule has 0 spiro atoms. The van der Waals surface area contributed by atoms with Crippen LogP contribution >= 0.6 is 0 Å². The van der Waals surface area contributed by atoms with E-state index >= 15 is 0 Å². The molecule has 0 aliphatic heterocycles. The number of aliphatic hydroxyl groups excluding tert-OH is 1. The fourth-order valence-corrected chi connectivity index (χ4v) is 2.20. The maximum atomic E-state index is 12.3. The summed E-state index contributed by atoms with van der Waals surface area (Å²) in [5.74, 6) is 0.0317. The molecule has 0 aromatic rings.